The minimum Gasteiger partial charge on any atom is -0.466 e. The number of ether oxygens (including phenoxy) is 1. The van der Waals surface area contributed by atoms with Gasteiger partial charge in [-0.05, 0) is 31.5 Å². The third-order valence-corrected chi connectivity index (χ3v) is 2.04. The molecule has 1 aromatic heterocycles. The largest absolute Gasteiger partial charge is 0.466 e. The van der Waals surface area contributed by atoms with Crippen molar-refractivity contribution >= 4 is 17.9 Å². The van der Waals surface area contributed by atoms with E-state index >= 15 is 0 Å². The molecule has 0 amide bonds. The van der Waals surface area contributed by atoms with E-state index in [9.17, 15) is 4.79 Å². The first-order chi connectivity index (χ1) is 7.63. The molecule has 4 heteroatoms. The molecular formula is C12H16N2O2. The summed E-state index contributed by atoms with van der Waals surface area (Å²) in [6.07, 6.45) is 3.88. The molecule has 2 N–H and O–H groups in total. The Morgan fingerprint density at radius 1 is 1.56 bits per heavy atom. The Morgan fingerprint density at radius 2 is 2.31 bits per heavy atom. The monoisotopic (exact) mass is 220 g/mol. The van der Waals surface area contributed by atoms with Gasteiger partial charge in [-0.1, -0.05) is 12.2 Å². The van der Waals surface area contributed by atoms with E-state index in [-0.39, 0.29) is 12.4 Å². The highest BCUT2D eigenvalue weighted by Gasteiger charge is 1.98. The van der Waals surface area contributed by atoms with Gasteiger partial charge in [-0.2, -0.15) is 0 Å². The van der Waals surface area contributed by atoms with Crippen LogP contribution in [0.2, 0.25) is 0 Å². The fourth-order valence-corrected chi connectivity index (χ4v) is 1.27. The molecule has 0 aromatic carbocycles. The standard InChI is InChI=1S/C12H16N2O2/c1-3-16-12(15)6-4-5-10-7-8-11(13)14-9(10)2/h4-5,7-8H,3,6H2,1-2H3,(H2,13,14). The Labute approximate surface area is 95.1 Å². The van der Waals surface area contributed by atoms with Crippen LogP contribution in [0.5, 0.6) is 0 Å². The van der Waals surface area contributed by atoms with E-state index in [1.165, 1.54) is 0 Å². The first-order valence-corrected chi connectivity index (χ1v) is 5.18. The molecule has 16 heavy (non-hydrogen) atoms. The lowest BCUT2D eigenvalue weighted by Gasteiger charge is -2.00. The van der Waals surface area contributed by atoms with Crippen molar-refractivity contribution in [2.45, 2.75) is 20.3 Å². The van der Waals surface area contributed by atoms with Gasteiger partial charge in [0.2, 0.25) is 0 Å². The molecule has 1 aromatic rings. The Kier molecular flexibility index (Phi) is 4.51. The molecule has 0 saturated heterocycles. The Morgan fingerprint density at radius 3 is 2.94 bits per heavy atom. The molecule has 0 unspecified atom stereocenters. The van der Waals surface area contributed by atoms with Crippen molar-refractivity contribution in [3.63, 3.8) is 0 Å². The molecule has 0 radical (unpaired) electrons. The van der Waals surface area contributed by atoms with E-state index in [4.69, 9.17) is 10.5 Å². The van der Waals surface area contributed by atoms with Gasteiger partial charge in [0.25, 0.3) is 0 Å². The van der Waals surface area contributed by atoms with E-state index in [2.05, 4.69) is 4.98 Å². The zero-order valence-electron chi connectivity index (χ0n) is 9.56. The topological polar surface area (TPSA) is 65.2 Å². The van der Waals surface area contributed by atoms with E-state index < -0.39 is 0 Å². The summed E-state index contributed by atoms with van der Waals surface area (Å²) in [6, 6.07) is 3.61. The second-order valence-corrected chi connectivity index (χ2v) is 3.32. The lowest BCUT2D eigenvalue weighted by atomic mass is 10.2. The molecule has 0 aliphatic rings. The van der Waals surface area contributed by atoms with Gasteiger partial charge in [0, 0.05) is 5.69 Å². The highest BCUT2D eigenvalue weighted by molar-refractivity contribution is 5.72. The van der Waals surface area contributed by atoms with Gasteiger partial charge < -0.3 is 10.5 Å². The molecule has 86 valence electrons. The first-order valence-electron chi connectivity index (χ1n) is 5.18. The van der Waals surface area contributed by atoms with Crippen LogP contribution in [0.15, 0.2) is 18.2 Å². The molecule has 0 atom stereocenters. The Bertz CT molecular complexity index is 400. The van der Waals surface area contributed by atoms with Gasteiger partial charge in [0.1, 0.15) is 5.82 Å². The first kappa shape index (κ1) is 12.2. The Hall–Kier alpha value is -1.84. The maximum absolute atomic E-state index is 11.1. The third-order valence-electron chi connectivity index (χ3n) is 2.04. The van der Waals surface area contributed by atoms with Gasteiger partial charge in [-0.25, -0.2) is 4.98 Å². The summed E-state index contributed by atoms with van der Waals surface area (Å²) in [5.41, 5.74) is 7.34. The van der Waals surface area contributed by atoms with Crippen LogP contribution in [-0.2, 0) is 9.53 Å². The highest BCUT2D eigenvalue weighted by Crippen LogP contribution is 2.10. The second kappa shape index (κ2) is 5.90. The number of aromatic nitrogens is 1. The molecule has 0 aliphatic heterocycles. The van der Waals surface area contributed by atoms with Gasteiger partial charge in [-0.3, -0.25) is 4.79 Å². The summed E-state index contributed by atoms with van der Waals surface area (Å²) in [5, 5.41) is 0. The van der Waals surface area contributed by atoms with Crippen LogP contribution < -0.4 is 5.73 Å². The summed E-state index contributed by atoms with van der Waals surface area (Å²) >= 11 is 0. The fourth-order valence-electron chi connectivity index (χ4n) is 1.27. The van der Waals surface area contributed by atoms with Crippen molar-refractivity contribution in [2.24, 2.45) is 0 Å². The number of nitrogens with zero attached hydrogens (tertiary/aromatic N) is 1. The van der Waals surface area contributed by atoms with Gasteiger partial charge >= 0.3 is 5.97 Å². The number of anilines is 1. The van der Waals surface area contributed by atoms with Crippen LogP contribution in [0.1, 0.15) is 24.6 Å². The van der Waals surface area contributed by atoms with Crippen LogP contribution in [0.3, 0.4) is 0 Å². The van der Waals surface area contributed by atoms with E-state index in [1.807, 2.05) is 19.1 Å². The molecule has 0 aliphatic carbocycles. The molecule has 0 fully saturated rings. The van der Waals surface area contributed by atoms with Crippen molar-refractivity contribution in [3.05, 3.63) is 29.5 Å². The number of nitrogen functional groups attached to an aromatic ring is 1. The number of hydrogen-bond acceptors (Lipinski definition) is 4. The summed E-state index contributed by atoms with van der Waals surface area (Å²) in [5.74, 6) is 0.278. The number of pyridine rings is 1. The minimum absolute atomic E-state index is 0.222. The predicted molar refractivity (Wildman–Crippen MR) is 63.7 cm³/mol. The number of nitrogens with two attached hydrogens (primary N) is 1. The number of carbonyl (C=O) groups excluding carboxylic acids is 1. The summed E-state index contributed by atoms with van der Waals surface area (Å²) in [4.78, 5) is 15.2. The molecule has 1 rings (SSSR count). The zero-order valence-corrected chi connectivity index (χ0v) is 9.56. The minimum atomic E-state index is -0.222. The van der Waals surface area contributed by atoms with Crippen molar-refractivity contribution in [1.82, 2.24) is 4.98 Å². The maximum Gasteiger partial charge on any atom is 0.309 e. The molecular weight excluding hydrogens is 204 g/mol. The number of hydrogen-bond donors (Lipinski definition) is 1. The predicted octanol–water partition coefficient (Wildman–Crippen LogP) is 1.94. The maximum atomic E-state index is 11.1. The van der Waals surface area contributed by atoms with E-state index in [1.54, 1.807) is 19.1 Å². The third kappa shape index (κ3) is 3.73. The van der Waals surface area contributed by atoms with Crippen molar-refractivity contribution in [2.75, 3.05) is 12.3 Å². The highest BCUT2D eigenvalue weighted by atomic mass is 16.5. The second-order valence-electron chi connectivity index (χ2n) is 3.32. The summed E-state index contributed by atoms with van der Waals surface area (Å²) < 4.78 is 4.80. The number of carbonyl (C=O) groups is 1. The van der Waals surface area contributed by atoms with Crippen LogP contribution in [0.4, 0.5) is 5.82 Å². The van der Waals surface area contributed by atoms with Crippen LogP contribution in [0, 0.1) is 6.92 Å². The average molecular weight is 220 g/mol. The molecule has 0 saturated carbocycles. The van der Waals surface area contributed by atoms with Crippen molar-refractivity contribution in [1.29, 1.82) is 0 Å². The average Bonchev–Trinajstić information content (AvgIpc) is 2.22. The number of esters is 1. The van der Waals surface area contributed by atoms with Gasteiger partial charge in [0.15, 0.2) is 0 Å². The van der Waals surface area contributed by atoms with Crippen LogP contribution >= 0.6 is 0 Å². The quantitative estimate of drug-likeness (QED) is 0.787. The summed E-state index contributed by atoms with van der Waals surface area (Å²) in [7, 11) is 0. The molecule has 0 spiro atoms. The molecule has 0 bridgehead atoms. The Balaban J connectivity index is 2.59. The van der Waals surface area contributed by atoms with Crippen LogP contribution in [0.25, 0.3) is 6.08 Å². The fraction of sp³-hybridized carbons (Fsp3) is 0.333. The number of rotatable bonds is 4. The summed E-state index contributed by atoms with van der Waals surface area (Å²) in [6.45, 7) is 4.07. The SMILES string of the molecule is CCOC(=O)CC=Cc1ccc(N)nc1C. The molecule has 1 heterocycles. The lowest BCUT2D eigenvalue weighted by molar-refractivity contribution is -0.142. The van der Waals surface area contributed by atoms with Gasteiger partial charge in [0.05, 0.1) is 13.0 Å². The van der Waals surface area contributed by atoms with E-state index in [0.717, 1.165) is 11.3 Å². The smallest absolute Gasteiger partial charge is 0.309 e. The van der Waals surface area contributed by atoms with Gasteiger partial charge in [-0.15, -0.1) is 0 Å². The zero-order chi connectivity index (χ0) is 12.0. The normalized spacial score (nSPS) is 10.6. The molecule has 4 nitrogen and oxygen atoms in total. The van der Waals surface area contributed by atoms with Crippen LogP contribution in [-0.4, -0.2) is 17.6 Å². The lowest BCUT2D eigenvalue weighted by Crippen LogP contribution is -2.01. The van der Waals surface area contributed by atoms with E-state index in [0.29, 0.717) is 12.4 Å². The van der Waals surface area contributed by atoms with Crippen molar-refractivity contribution < 1.29 is 9.53 Å². The number of aryl methyl sites for hydroxylation is 1. The van der Waals surface area contributed by atoms with Crippen molar-refractivity contribution in [3.8, 4) is 0 Å².